The van der Waals surface area contributed by atoms with E-state index in [1.807, 2.05) is 39.1 Å². The average Bonchev–Trinajstić information content (AvgIpc) is 3.02. The highest BCUT2D eigenvalue weighted by atomic mass is 32.1. The first-order valence-corrected chi connectivity index (χ1v) is 8.13. The zero-order valence-corrected chi connectivity index (χ0v) is 12.4. The van der Waals surface area contributed by atoms with Crippen LogP contribution in [-0.2, 0) is 6.54 Å². The van der Waals surface area contributed by atoms with Crippen molar-refractivity contribution in [1.29, 1.82) is 0 Å². The van der Waals surface area contributed by atoms with Gasteiger partial charge in [-0.3, -0.25) is 9.59 Å². The molecule has 2 aromatic rings. The number of fused-ring (bicyclic) bond motifs is 4. The number of aromatic nitrogens is 1. The first kappa shape index (κ1) is 12.8. The summed E-state index contributed by atoms with van der Waals surface area (Å²) in [5.74, 6) is 0.807. The lowest BCUT2D eigenvalue weighted by Gasteiger charge is -2.42. The van der Waals surface area contributed by atoms with Crippen molar-refractivity contribution < 1.29 is 4.79 Å². The number of carbonyl (C=O) groups is 1. The Kier molecular flexibility index (Phi) is 2.96. The normalized spacial score (nSPS) is 23.7. The molecular formula is C16H16N2O2S. The Morgan fingerprint density at radius 1 is 1.14 bits per heavy atom. The molecule has 4 nitrogen and oxygen atoms in total. The summed E-state index contributed by atoms with van der Waals surface area (Å²) >= 11 is 1.49. The molecule has 0 saturated carbocycles. The van der Waals surface area contributed by atoms with Crippen molar-refractivity contribution in [3.05, 3.63) is 56.6 Å². The fourth-order valence-electron chi connectivity index (χ4n) is 3.62. The van der Waals surface area contributed by atoms with Crippen molar-refractivity contribution in [3.63, 3.8) is 0 Å². The van der Waals surface area contributed by atoms with E-state index in [0.717, 1.165) is 36.6 Å². The van der Waals surface area contributed by atoms with Crippen LogP contribution in [0.1, 0.15) is 27.7 Å². The Balaban J connectivity index is 1.65. The third-order valence-electron chi connectivity index (χ3n) is 4.50. The highest BCUT2D eigenvalue weighted by molar-refractivity contribution is 7.12. The molecule has 4 rings (SSSR count). The van der Waals surface area contributed by atoms with Crippen molar-refractivity contribution in [2.75, 3.05) is 13.1 Å². The number of likely N-dealkylation sites (tertiary alicyclic amines) is 1. The first-order chi connectivity index (χ1) is 10.2. The van der Waals surface area contributed by atoms with E-state index in [-0.39, 0.29) is 17.4 Å². The Labute approximate surface area is 126 Å². The maximum absolute atomic E-state index is 12.5. The van der Waals surface area contributed by atoms with Gasteiger partial charge < -0.3 is 9.47 Å². The largest absolute Gasteiger partial charge is 0.337 e. The van der Waals surface area contributed by atoms with Crippen molar-refractivity contribution >= 4 is 17.2 Å². The van der Waals surface area contributed by atoms with Gasteiger partial charge in [-0.25, -0.2) is 0 Å². The van der Waals surface area contributed by atoms with Crippen LogP contribution in [0.5, 0.6) is 0 Å². The SMILES string of the molecule is O=C(c1cccs1)N1C[C@H]2C[C@@H](C1)c1cccc(=O)n1C2. The van der Waals surface area contributed by atoms with E-state index in [0.29, 0.717) is 5.92 Å². The van der Waals surface area contributed by atoms with Crippen LogP contribution in [0.2, 0.25) is 0 Å². The average molecular weight is 300 g/mol. The van der Waals surface area contributed by atoms with Crippen molar-refractivity contribution in [1.82, 2.24) is 9.47 Å². The van der Waals surface area contributed by atoms with Gasteiger partial charge in [-0.05, 0) is 29.9 Å². The van der Waals surface area contributed by atoms with E-state index < -0.39 is 0 Å². The number of rotatable bonds is 1. The molecule has 2 bridgehead atoms. The summed E-state index contributed by atoms with van der Waals surface area (Å²) in [6.45, 7) is 2.21. The second-order valence-electron chi connectivity index (χ2n) is 5.89. The third kappa shape index (κ3) is 2.12. The minimum absolute atomic E-state index is 0.0835. The van der Waals surface area contributed by atoms with Crippen molar-refractivity contribution in [3.8, 4) is 0 Å². The molecule has 0 spiro atoms. The number of piperidine rings is 1. The molecule has 108 valence electrons. The molecule has 0 N–H and O–H groups in total. The van der Waals surface area contributed by atoms with E-state index in [1.165, 1.54) is 11.3 Å². The van der Waals surface area contributed by atoms with Crippen LogP contribution in [0.15, 0.2) is 40.5 Å². The molecule has 0 radical (unpaired) electrons. The second kappa shape index (κ2) is 4.84. The molecule has 21 heavy (non-hydrogen) atoms. The van der Waals surface area contributed by atoms with Gasteiger partial charge in [0.05, 0.1) is 4.88 Å². The maximum atomic E-state index is 12.5. The van der Waals surface area contributed by atoms with Gasteiger partial charge in [0, 0.05) is 37.3 Å². The summed E-state index contributed by atoms with van der Waals surface area (Å²) in [6, 6.07) is 9.28. The minimum Gasteiger partial charge on any atom is -0.337 e. The van der Waals surface area contributed by atoms with Crippen LogP contribution in [-0.4, -0.2) is 28.5 Å². The highest BCUT2D eigenvalue weighted by Crippen LogP contribution is 2.35. The topological polar surface area (TPSA) is 42.3 Å². The summed E-state index contributed by atoms with van der Waals surface area (Å²) in [7, 11) is 0. The number of nitrogens with zero attached hydrogens (tertiary/aromatic N) is 2. The van der Waals surface area contributed by atoms with Crippen molar-refractivity contribution in [2.24, 2.45) is 5.92 Å². The van der Waals surface area contributed by atoms with Gasteiger partial charge in [-0.2, -0.15) is 0 Å². The monoisotopic (exact) mass is 300 g/mol. The fourth-order valence-corrected chi connectivity index (χ4v) is 4.31. The van der Waals surface area contributed by atoms with E-state index in [4.69, 9.17) is 0 Å². The number of pyridine rings is 1. The minimum atomic E-state index is 0.0835. The van der Waals surface area contributed by atoms with Crippen LogP contribution in [0.3, 0.4) is 0 Å². The molecule has 2 aliphatic rings. The molecule has 5 heteroatoms. The number of hydrogen-bond acceptors (Lipinski definition) is 3. The zero-order chi connectivity index (χ0) is 14.4. The van der Waals surface area contributed by atoms with Crippen LogP contribution in [0, 0.1) is 5.92 Å². The standard InChI is InChI=1S/C16H16N2O2S/c19-15-5-1-3-13-12-7-11(9-18(13)15)8-17(10-12)16(20)14-4-2-6-21-14/h1-6,11-12H,7-10H2/t11-,12+/m1/s1. The van der Waals surface area contributed by atoms with Gasteiger partial charge in [-0.1, -0.05) is 12.1 Å². The molecule has 2 atom stereocenters. The lowest BCUT2D eigenvalue weighted by atomic mass is 9.83. The van der Waals surface area contributed by atoms with Gasteiger partial charge >= 0.3 is 0 Å². The van der Waals surface area contributed by atoms with E-state index in [2.05, 4.69) is 0 Å². The predicted molar refractivity (Wildman–Crippen MR) is 81.8 cm³/mol. The zero-order valence-electron chi connectivity index (χ0n) is 11.6. The molecule has 0 aromatic carbocycles. The van der Waals surface area contributed by atoms with Crippen LogP contribution >= 0.6 is 11.3 Å². The first-order valence-electron chi connectivity index (χ1n) is 7.25. The van der Waals surface area contributed by atoms with E-state index in [1.54, 1.807) is 6.07 Å². The van der Waals surface area contributed by atoms with Gasteiger partial charge in [0.25, 0.3) is 11.5 Å². The quantitative estimate of drug-likeness (QED) is 0.810. The molecule has 1 saturated heterocycles. The summed E-state index contributed by atoms with van der Waals surface area (Å²) in [5, 5.41) is 1.94. The van der Waals surface area contributed by atoms with Gasteiger partial charge in [0.2, 0.25) is 0 Å². The van der Waals surface area contributed by atoms with E-state index in [9.17, 15) is 9.59 Å². The van der Waals surface area contributed by atoms with Gasteiger partial charge in [0.1, 0.15) is 0 Å². The summed E-state index contributed by atoms with van der Waals surface area (Å²) in [5.41, 5.74) is 1.17. The van der Waals surface area contributed by atoms with Crippen LogP contribution in [0.4, 0.5) is 0 Å². The maximum Gasteiger partial charge on any atom is 0.263 e. The van der Waals surface area contributed by atoms with Crippen molar-refractivity contribution in [2.45, 2.75) is 18.9 Å². The molecule has 1 amide bonds. The number of hydrogen-bond donors (Lipinski definition) is 0. The molecule has 1 fully saturated rings. The fraction of sp³-hybridized carbons (Fsp3) is 0.375. The second-order valence-corrected chi connectivity index (χ2v) is 6.83. The molecule has 0 aliphatic carbocycles. The smallest absolute Gasteiger partial charge is 0.263 e. The Morgan fingerprint density at radius 3 is 2.86 bits per heavy atom. The lowest BCUT2D eigenvalue weighted by molar-refractivity contribution is 0.0599. The molecule has 2 aromatic heterocycles. The summed E-state index contributed by atoms with van der Waals surface area (Å²) < 4.78 is 1.89. The van der Waals surface area contributed by atoms with Gasteiger partial charge in [-0.15, -0.1) is 11.3 Å². The molecular weight excluding hydrogens is 284 g/mol. The number of amides is 1. The van der Waals surface area contributed by atoms with E-state index >= 15 is 0 Å². The third-order valence-corrected chi connectivity index (χ3v) is 5.36. The van der Waals surface area contributed by atoms with Crippen LogP contribution in [0.25, 0.3) is 0 Å². The number of carbonyl (C=O) groups excluding carboxylic acids is 1. The predicted octanol–water partition coefficient (Wildman–Crippen LogP) is 2.17. The summed E-state index contributed by atoms with van der Waals surface area (Å²) in [4.78, 5) is 27.3. The molecule has 0 unspecified atom stereocenters. The van der Waals surface area contributed by atoms with Crippen LogP contribution < -0.4 is 5.56 Å². The van der Waals surface area contributed by atoms with Gasteiger partial charge in [0.15, 0.2) is 0 Å². The Hall–Kier alpha value is -1.88. The molecule has 4 heterocycles. The summed E-state index contributed by atoms with van der Waals surface area (Å²) in [6.07, 6.45) is 1.08. The Morgan fingerprint density at radius 2 is 2.05 bits per heavy atom. The lowest BCUT2D eigenvalue weighted by Crippen LogP contribution is -2.48. The highest BCUT2D eigenvalue weighted by Gasteiger charge is 2.36. The Bertz CT molecular complexity index is 735. The molecule has 2 aliphatic heterocycles. The number of thiophene rings is 1.